The fourth-order valence-electron chi connectivity index (χ4n) is 1.41. The third kappa shape index (κ3) is 1.87. The van der Waals surface area contributed by atoms with Gasteiger partial charge in [-0.15, -0.1) is 0 Å². The maximum Gasteiger partial charge on any atom is 0.138 e. The molecule has 0 aliphatic rings. The molecule has 0 radical (unpaired) electrons. The van der Waals surface area contributed by atoms with Gasteiger partial charge in [-0.25, -0.2) is 4.98 Å². The van der Waals surface area contributed by atoms with Gasteiger partial charge >= 0.3 is 0 Å². The first-order valence-corrected chi connectivity index (χ1v) is 5.18. The van der Waals surface area contributed by atoms with Crippen molar-refractivity contribution in [2.24, 2.45) is 0 Å². The minimum atomic E-state index is 0.503. The Balaban J connectivity index is 2.76. The molecule has 0 spiro atoms. The van der Waals surface area contributed by atoms with E-state index in [-0.39, 0.29) is 0 Å². The Kier molecular flexibility index (Phi) is 2.72. The van der Waals surface area contributed by atoms with Gasteiger partial charge in [0.15, 0.2) is 0 Å². The number of benzene rings is 1. The van der Waals surface area contributed by atoms with Crippen LogP contribution in [0.5, 0.6) is 5.75 Å². The smallest absolute Gasteiger partial charge is 0.138 e. The number of halogens is 2. The number of pyridine rings is 1. The average molecular weight is 242 g/mol. The van der Waals surface area contributed by atoms with Crippen molar-refractivity contribution in [2.45, 2.75) is 6.92 Å². The Labute approximate surface area is 97.8 Å². The van der Waals surface area contributed by atoms with Gasteiger partial charge < -0.3 is 4.74 Å². The van der Waals surface area contributed by atoms with Gasteiger partial charge in [0.05, 0.1) is 17.6 Å². The molecule has 0 unspecified atom stereocenters. The lowest BCUT2D eigenvalue weighted by Crippen LogP contribution is -1.88. The Bertz CT molecular complexity index is 525. The number of fused-ring (bicyclic) bond motifs is 1. The zero-order chi connectivity index (χ0) is 11.0. The molecule has 15 heavy (non-hydrogen) atoms. The summed E-state index contributed by atoms with van der Waals surface area (Å²) >= 11 is 11.9. The van der Waals surface area contributed by atoms with E-state index >= 15 is 0 Å². The van der Waals surface area contributed by atoms with Crippen molar-refractivity contribution in [1.82, 2.24) is 4.98 Å². The predicted octanol–water partition coefficient (Wildman–Crippen LogP) is 3.86. The van der Waals surface area contributed by atoms with Crippen LogP contribution >= 0.6 is 23.2 Å². The van der Waals surface area contributed by atoms with Crippen molar-refractivity contribution in [3.8, 4) is 5.75 Å². The van der Waals surface area contributed by atoms with E-state index in [9.17, 15) is 0 Å². The van der Waals surface area contributed by atoms with Gasteiger partial charge in [0.1, 0.15) is 10.9 Å². The molecule has 1 heterocycles. The number of rotatable bonds is 1. The SMILES string of the molecule is COc1cc2cc(C)c(Cl)nc2cc1Cl. The second-order valence-electron chi connectivity index (χ2n) is 3.28. The Morgan fingerprint density at radius 1 is 1.20 bits per heavy atom. The highest BCUT2D eigenvalue weighted by atomic mass is 35.5. The Morgan fingerprint density at radius 3 is 2.60 bits per heavy atom. The molecule has 0 amide bonds. The van der Waals surface area contributed by atoms with Gasteiger partial charge in [0.25, 0.3) is 0 Å². The molecule has 1 aromatic carbocycles. The van der Waals surface area contributed by atoms with Gasteiger partial charge in [-0.3, -0.25) is 0 Å². The van der Waals surface area contributed by atoms with Gasteiger partial charge in [-0.05, 0) is 30.7 Å². The second-order valence-corrected chi connectivity index (χ2v) is 4.04. The van der Waals surface area contributed by atoms with E-state index in [0.717, 1.165) is 16.5 Å². The summed E-state index contributed by atoms with van der Waals surface area (Å²) in [7, 11) is 1.59. The number of methoxy groups -OCH3 is 1. The number of aromatic nitrogens is 1. The molecule has 0 saturated heterocycles. The standard InChI is InChI=1S/C11H9Cl2NO/c1-6-3-7-4-10(15-2)8(12)5-9(7)14-11(6)13/h3-5H,1-2H3. The van der Waals surface area contributed by atoms with Crippen LogP contribution in [0.15, 0.2) is 18.2 Å². The van der Waals surface area contributed by atoms with E-state index in [1.54, 1.807) is 13.2 Å². The van der Waals surface area contributed by atoms with Crippen LogP contribution in [0, 0.1) is 6.92 Å². The molecular formula is C11H9Cl2NO. The summed E-state index contributed by atoms with van der Waals surface area (Å²) in [5, 5.41) is 2.01. The lowest BCUT2D eigenvalue weighted by Gasteiger charge is -2.06. The Morgan fingerprint density at radius 2 is 1.93 bits per heavy atom. The molecule has 0 aliphatic heterocycles. The van der Waals surface area contributed by atoms with E-state index in [1.165, 1.54) is 0 Å². The van der Waals surface area contributed by atoms with Gasteiger partial charge in [0, 0.05) is 5.39 Å². The van der Waals surface area contributed by atoms with Crippen molar-refractivity contribution in [2.75, 3.05) is 7.11 Å². The van der Waals surface area contributed by atoms with E-state index in [2.05, 4.69) is 4.98 Å². The van der Waals surface area contributed by atoms with Crippen molar-refractivity contribution >= 4 is 34.1 Å². The topological polar surface area (TPSA) is 22.1 Å². The number of nitrogens with zero attached hydrogens (tertiary/aromatic N) is 1. The van der Waals surface area contributed by atoms with Crippen molar-refractivity contribution < 1.29 is 4.74 Å². The molecule has 2 rings (SSSR count). The molecule has 0 aliphatic carbocycles. The average Bonchev–Trinajstić information content (AvgIpc) is 2.20. The highest BCUT2D eigenvalue weighted by molar-refractivity contribution is 6.33. The summed E-state index contributed by atoms with van der Waals surface area (Å²) in [5.74, 6) is 0.646. The minimum Gasteiger partial charge on any atom is -0.495 e. The number of ether oxygens (including phenoxy) is 1. The quantitative estimate of drug-likeness (QED) is 0.708. The van der Waals surface area contributed by atoms with Crippen molar-refractivity contribution in [3.05, 3.63) is 33.9 Å². The number of hydrogen-bond donors (Lipinski definition) is 0. The monoisotopic (exact) mass is 241 g/mol. The van der Waals surface area contributed by atoms with Gasteiger partial charge in [-0.2, -0.15) is 0 Å². The fourth-order valence-corrected chi connectivity index (χ4v) is 1.79. The molecule has 0 bridgehead atoms. The predicted molar refractivity (Wildman–Crippen MR) is 63.1 cm³/mol. The first-order chi connectivity index (χ1) is 7.11. The van der Waals surface area contributed by atoms with Crippen LogP contribution in [-0.2, 0) is 0 Å². The lowest BCUT2D eigenvalue weighted by atomic mass is 10.1. The van der Waals surface area contributed by atoms with Crippen LogP contribution in [0.3, 0.4) is 0 Å². The normalized spacial score (nSPS) is 10.7. The molecule has 0 fully saturated rings. The van der Waals surface area contributed by atoms with Crippen LogP contribution in [0.4, 0.5) is 0 Å². The van der Waals surface area contributed by atoms with Crippen LogP contribution in [0.1, 0.15) is 5.56 Å². The minimum absolute atomic E-state index is 0.503. The summed E-state index contributed by atoms with van der Waals surface area (Å²) < 4.78 is 5.13. The van der Waals surface area contributed by atoms with Crippen molar-refractivity contribution in [1.29, 1.82) is 0 Å². The molecule has 1 aromatic heterocycles. The zero-order valence-corrected chi connectivity index (χ0v) is 9.86. The van der Waals surface area contributed by atoms with Gasteiger partial charge in [-0.1, -0.05) is 23.2 Å². The fraction of sp³-hybridized carbons (Fsp3) is 0.182. The van der Waals surface area contributed by atoms with Crippen molar-refractivity contribution in [3.63, 3.8) is 0 Å². The summed E-state index contributed by atoms with van der Waals surface area (Å²) in [6.45, 7) is 1.91. The van der Waals surface area contributed by atoms with Gasteiger partial charge in [0.2, 0.25) is 0 Å². The summed E-state index contributed by atoms with van der Waals surface area (Å²) in [5.41, 5.74) is 1.71. The molecule has 0 atom stereocenters. The summed E-state index contributed by atoms with van der Waals surface area (Å²) in [6.07, 6.45) is 0. The number of hydrogen-bond acceptors (Lipinski definition) is 2. The lowest BCUT2D eigenvalue weighted by molar-refractivity contribution is 0.415. The molecule has 2 nitrogen and oxygen atoms in total. The Hall–Kier alpha value is -0.990. The van der Waals surface area contributed by atoms with E-state index in [1.807, 2.05) is 19.1 Å². The van der Waals surface area contributed by atoms with Crippen LogP contribution in [-0.4, -0.2) is 12.1 Å². The largest absolute Gasteiger partial charge is 0.495 e. The maximum atomic E-state index is 5.99. The molecular weight excluding hydrogens is 233 g/mol. The molecule has 4 heteroatoms. The molecule has 2 aromatic rings. The van der Waals surface area contributed by atoms with Crippen LogP contribution in [0.2, 0.25) is 10.2 Å². The van der Waals surface area contributed by atoms with E-state index in [0.29, 0.717) is 15.9 Å². The summed E-state index contributed by atoms with van der Waals surface area (Å²) in [6, 6.07) is 5.57. The number of aryl methyl sites for hydroxylation is 1. The van der Waals surface area contributed by atoms with Crippen LogP contribution < -0.4 is 4.74 Å². The third-order valence-corrected chi connectivity index (χ3v) is 2.90. The zero-order valence-electron chi connectivity index (χ0n) is 8.34. The first-order valence-electron chi connectivity index (χ1n) is 4.42. The summed E-state index contributed by atoms with van der Waals surface area (Å²) in [4.78, 5) is 4.24. The third-order valence-electron chi connectivity index (χ3n) is 2.22. The second kappa shape index (κ2) is 3.87. The molecule has 0 saturated carbocycles. The maximum absolute atomic E-state index is 5.99. The highest BCUT2D eigenvalue weighted by Gasteiger charge is 2.06. The molecule has 78 valence electrons. The van der Waals surface area contributed by atoms with E-state index < -0.39 is 0 Å². The highest BCUT2D eigenvalue weighted by Crippen LogP contribution is 2.30. The van der Waals surface area contributed by atoms with E-state index in [4.69, 9.17) is 27.9 Å². The van der Waals surface area contributed by atoms with Crippen LogP contribution in [0.25, 0.3) is 10.9 Å². The first kappa shape index (κ1) is 10.5. The molecule has 0 N–H and O–H groups in total.